The van der Waals surface area contributed by atoms with E-state index in [2.05, 4.69) is 11.8 Å². The lowest BCUT2D eigenvalue weighted by Gasteiger charge is -2.07. The third kappa shape index (κ3) is 3.55. The minimum Gasteiger partial charge on any atom is -0.316 e. The van der Waals surface area contributed by atoms with Gasteiger partial charge in [-0.15, -0.1) is 0 Å². The summed E-state index contributed by atoms with van der Waals surface area (Å²) >= 11 is 0. The molecule has 74 valence electrons. The van der Waals surface area contributed by atoms with Gasteiger partial charge in [-0.2, -0.15) is 0 Å². The summed E-state index contributed by atoms with van der Waals surface area (Å²) in [5, 5.41) is 0. The SMILES string of the molecule is CC(C)(N)C#Cc1cc(F)cc(F)c1. The Bertz CT molecular complexity index is 374. The molecule has 1 nitrogen and oxygen atoms in total. The predicted molar refractivity (Wildman–Crippen MR) is 51.5 cm³/mol. The van der Waals surface area contributed by atoms with E-state index in [-0.39, 0.29) is 0 Å². The molecule has 1 aromatic rings. The summed E-state index contributed by atoms with van der Waals surface area (Å²) in [6, 6.07) is 3.14. The summed E-state index contributed by atoms with van der Waals surface area (Å²) < 4.78 is 25.4. The Morgan fingerprint density at radius 3 is 2.07 bits per heavy atom. The summed E-state index contributed by atoms with van der Waals surface area (Å²) in [7, 11) is 0. The molecule has 3 heteroatoms. The normalized spacial score (nSPS) is 10.6. The molecule has 1 rings (SSSR count). The van der Waals surface area contributed by atoms with E-state index in [0.29, 0.717) is 5.56 Å². The zero-order chi connectivity index (χ0) is 10.8. The smallest absolute Gasteiger partial charge is 0.127 e. The van der Waals surface area contributed by atoms with Crippen molar-refractivity contribution in [1.82, 2.24) is 0 Å². The van der Waals surface area contributed by atoms with Crippen molar-refractivity contribution in [3.05, 3.63) is 35.4 Å². The maximum Gasteiger partial charge on any atom is 0.127 e. The van der Waals surface area contributed by atoms with Gasteiger partial charge in [0.1, 0.15) is 11.6 Å². The fourth-order valence-electron chi connectivity index (χ4n) is 0.859. The summed E-state index contributed by atoms with van der Waals surface area (Å²) in [6.07, 6.45) is 0. The Kier molecular flexibility index (Phi) is 2.87. The summed E-state index contributed by atoms with van der Waals surface area (Å²) in [5.74, 6) is 4.03. The van der Waals surface area contributed by atoms with Crippen LogP contribution in [-0.2, 0) is 0 Å². The van der Waals surface area contributed by atoms with Crippen LogP contribution in [0.1, 0.15) is 19.4 Å². The van der Waals surface area contributed by atoms with Crippen LogP contribution in [0.5, 0.6) is 0 Å². The Morgan fingerprint density at radius 1 is 1.14 bits per heavy atom. The van der Waals surface area contributed by atoms with Gasteiger partial charge < -0.3 is 5.73 Å². The molecule has 2 N–H and O–H groups in total. The Hall–Kier alpha value is -1.40. The van der Waals surface area contributed by atoms with Gasteiger partial charge >= 0.3 is 0 Å². The molecule has 0 aliphatic rings. The lowest BCUT2D eigenvalue weighted by atomic mass is 10.1. The Morgan fingerprint density at radius 2 is 1.64 bits per heavy atom. The predicted octanol–water partition coefficient (Wildman–Crippen LogP) is 2.05. The van der Waals surface area contributed by atoms with Crippen molar-refractivity contribution in [2.24, 2.45) is 5.73 Å². The first kappa shape index (κ1) is 10.7. The van der Waals surface area contributed by atoms with E-state index >= 15 is 0 Å². The van der Waals surface area contributed by atoms with Gasteiger partial charge in [0.05, 0.1) is 5.54 Å². The van der Waals surface area contributed by atoms with Crippen LogP contribution in [0.15, 0.2) is 18.2 Å². The summed E-state index contributed by atoms with van der Waals surface area (Å²) in [5.41, 5.74) is 5.23. The van der Waals surface area contributed by atoms with E-state index in [1.165, 1.54) is 12.1 Å². The molecular weight excluding hydrogens is 184 g/mol. The maximum atomic E-state index is 12.7. The molecule has 0 saturated carbocycles. The highest BCUT2D eigenvalue weighted by Gasteiger charge is 2.04. The number of benzene rings is 1. The molecule has 0 heterocycles. The first-order valence-corrected chi connectivity index (χ1v) is 4.15. The van der Waals surface area contributed by atoms with E-state index in [1.54, 1.807) is 13.8 Å². The molecule has 0 spiro atoms. The van der Waals surface area contributed by atoms with Crippen LogP contribution in [0.4, 0.5) is 8.78 Å². The fourth-order valence-corrected chi connectivity index (χ4v) is 0.859. The molecule has 0 aromatic heterocycles. The number of halogens is 2. The van der Waals surface area contributed by atoms with E-state index in [0.717, 1.165) is 6.07 Å². The van der Waals surface area contributed by atoms with Gasteiger partial charge in [0.15, 0.2) is 0 Å². The second kappa shape index (κ2) is 3.77. The van der Waals surface area contributed by atoms with Gasteiger partial charge in [-0.05, 0) is 26.0 Å². The quantitative estimate of drug-likeness (QED) is 0.630. The van der Waals surface area contributed by atoms with Crippen LogP contribution >= 0.6 is 0 Å². The zero-order valence-corrected chi connectivity index (χ0v) is 8.07. The monoisotopic (exact) mass is 195 g/mol. The highest BCUT2D eigenvalue weighted by molar-refractivity contribution is 5.36. The molecule has 0 amide bonds. The molecule has 14 heavy (non-hydrogen) atoms. The average Bonchev–Trinajstić information content (AvgIpc) is 1.97. The minimum atomic E-state index is -0.664. The van der Waals surface area contributed by atoms with Gasteiger partial charge in [-0.25, -0.2) is 8.78 Å². The van der Waals surface area contributed by atoms with Crippen molar-refractivity contribution in [3.8, 4) is 11.8 Å². The van der Waals surface area contributed by atoms with Crippen molar-refractivity contribution in [1.29, 1.82) is 0 Å². The molecule has 0 aliphatic carbocycles. The third-order valence-corrected chi connectivity index (χ3v) is 1.39. The van der Waals surface area contributed by atoms with E-state index in [1.807, 2.05) is 0 Å². The molecule has 0 unspecified atom stereocenters. The van der Waals surface area contributed by atoms with Gasteiger partial charge in [0.2, 0.25) is 0 Å². The first-order valence-electron chi connectivity index (χ1n) is 4.15. The number of nitrogens with two attached hydrogens (primary N) is 1. The van der Waals surface area contributed by atoms with Crippen LogP contribution in [0.2, 0.25) is 0 Å². The number of rotatable bonds is 0. The Balaban J connectivity index is 3.02. The number of hydrogen-bond donors (Lipinski definition) is 1. The molecule has 0 radical (unpaired) electrons. The highest BCUT2D eigenvalue weighted by atomic mass is 19.1. The van der Waals surface area contributed by atoms with Gasteiger partial charge in [0, 0.05) is 11.6 Å². The molecule has 0 fully saturated rings. The molecule has 1 aromatic carbocycles. The molecule has 0 bridgehead atoms. The largest absolute Gasteiger partial charge is 0.316 e. The highest BCUT2D eigenvalue weighted by Crippen LogP contribution is 2.06. The zero-order valence-electron chi connectivity index (χ0n) is 8.07. The van der Waals surface area contributed by atoms with Crippen molar-refractivity contribution in [3.63, 3.8) is 0 Å². The van der Waals surface area contributed by atoms with E-state index < -0.39 is 17.2 Å². The second-order valence-electron chi connectivity index (χ2n) is 3.63. The maximum absolute atomic E-state index is 12.7. The van der Waals surface area contributed by atoms with Crippen molar-refractivity contribution in [2.75, 3.05) is 0 Å². The molecule has 0 atom stereocenters. The lowest BCUT2D eigenvalue weighted by Crippen LogP contribution is -2.29. The van der Waals surface area contributed by atoms with Crippen molar-refractivity contribution >= 4 is 0 Å². The minimum absolute atomic E-state index is 0.293. The molecule has 0 saturated heterocycles. The van der Waals surface area contributed by atoms with Crippen LogP contribution in [0.25, 0.3) is 0 Å². The lowest BCUT2D eigenvalue weighted by molar-refractivity contribution is 0.582. The van der Waals surface area contributed by atoms with Crippen LogP contribution in [0.3, 0.4) is 0 Å². The van der Waals surface area contributed by atoms with E-state index in [9.17, 15) is 8.78 Å². The summed E-state index contributed by atoms with van der Waals surface area (Å²) in [6.45, 7) is 3.44. The molecular formula is C11H11F2N. The average molecular weight is 195 g/mol. The number of hydrogen-bond acceptors (Lipinski definition) is 1. The van der Waals surface area contributed by atoms with Crippen molar-refractivity contribution in [2.45, 2.75) is 19.4 Å². The van der Waals surface area contributed by atoms with Gasteiger partial charge in [0.25, 0.3) is 0 Å². The van der Waals surface area contributed by atoms with Crippen LogP contribution in [-0.4, -0.2) is 5.54 Å². The second-order valence-corrected chi connectivity index (χ2v) is 3.63. The van der Waals surface area contributed by atoms with Crippen LogP contribution < -0.4 is 5.73 Å². The first-order chi connectivity index (χ1) is 6.37. The third-order valence-electron chi connectivity index (χ3n) is 1.39. The summed E-state index contributed by atoms with van der Waals surface area (Å²) in [4.78, 5) is 0. The van der Waals surface area contributed by atoms with Gasteiger partial charge in [-0.1, -0.05) is 11.8 Å². The van der Waals surface area contributed by atoms with Gasteiger partial charge in [-0.3, -0.25) is 0 Å². The molecule has 0 aliphatic heterocycles. The Labute approximate surface area is 81.9 Å². The van der Waals surface area contributed by atoms with Crippen LogP contribution in [0, 0.1) is 23.5 Å². The van der Waals surface area contributed by atoms with Crippen molar-refractivity contribution < 1.29 is 8.78 Å². The standard InChI is InChI=1S/C11H11F2N/c1-11(2,14)4-3-8-5-9(12)7-10(13)6-8/h5-7H,14H2,1-2H3. The topological polar surface area (TPSA) is 26.0 Å². The fraction of sp³-hybridized carbons (Fsp3) is 0.273. The van der Waals surface area contributed by atoms with E-state index in [4.69, 9.17) is 5.73 Å².